The van der Waals surface area contributed by atoms with Crippen LogP contribution in [0.4, 0.5) is 24.8 Å². The molecule has 2 aromatic carbocycles. The quantitative estimate of drug-likeness (QED) is 0.207. The number of anilines is 2. The standard InChI is InChI=1S/C29H31F3N6O3S/c1-3-29(31,32)17-42(39,40)38-25-20-9-8-18(2)26(21(20)10-11-23(25)30)41-27-22(7-5-14-34-27)24-12-15-35-28(37-24)36-19-6-4-13-33-16-19/h5,7-12,14-15,19,33,38H,3-4,6,13,16-17H2,1-2H3,(H,35,36,37)/t19-/m1/s1. The molecule has 222 valence electrons. The van der Waals surface area contributed by atoms with Crippen LogP contribution in [0.5, 0.6) is 11.6 Å². The number of pyridine rings is 1. The zero-order valence-electron chi connectivity index (χ0n) is 23.1. The van der Waals surface area contributed by atoms with E-state index in [9.17, 15) is 21.6 Å². The van der Waals surface area contributed by atoms with Crippen LogP contribution in [0.1, 0.15) is 31.7 Å². The Balaban J connectivity index is 1.49. The van der Waals surface area contributed by atoms with E-state index in [0.717, 1.165) is 32.0 Å². The number of fused-ring (bicyclic) bond motifs is 1. The van der Waals surface area contributed by atoms with Gasteiger partial charge in [0.25, 0.3) is 5.92 Å². The Hall–Kier alpha value is -3.97. The van der Waals surface area contributed by atoms with E-state index in [2.05, 4.69) is 25.6 Å². The summed E-state index contributed by atoms with van der Waals surface area (Å²) in [4.78, 5) is 13.4. The van der Waals surface area contributed by atoms with Gasteiger partial charge < -0.3 is 15.4 Å². The molecule has 0 saturated carbocycles. The van der Waals surface area contributed by atoms with Crippen molar-refractivity contribution < 1.29 is 26.3 Å². The molecule has 4 aromatic rings. The molecule has 3 N–H and O–H groups in total. The number of hydrogen-bond donors (Lipinski definition) is 3. The fourth-order valence-corrected chi connectivity index (χ4v) is 6.12. The summed E-state index contributed by atoms with van der Waals surface area (Å²) in [6.07, 6.45) is 4.59. The topological polar surface area (TPSA) is 118 Å². The van der Waals surface area contributed by atoms with Crippen molar-refractivity contribution in [3.63, 3.8) is 0 Å². The van der Waals surface area contributed by atoms with Gasteiger partial charge in [-0.3, -0.25) is 4.72 Å². The molecule has 1 saturated heterocycles. The van der Waals surface area contributed by atoms with E-state index >= 15 is 0 Å². The van der Waals surface area contributed by atoms with Crippen LogP contribution < -0.4 is 20.1 Å². The van der Waals surface area contributed by atoms with Crippen molar-refractivity contribution in [1.29, 1.82) is 0 Å². The van der Waals surface area contributed by atoms with E-state index in [1.807, 2.05) is 4.72 Å². The summed E-state index contributed by atoms with van der Waals surface area (Å²) in [6, 6.07) is 11.1. The Kier molecular flexibility index (Phi) is 8.50. The number of piperidine rings is 1. The summed E-state index contributed by atoms with van der Waals surface area (Å²) < 4.78 is 76.1. The van der Waals surface area contributed by atoms with E-state index < -0.39 is 39.6 Å². The Morgan fingerprint density at radius 1 is 1.10 bits per heavy atom. The molecular weight excluding hydrogens is 569 g/mol. The summed E-state index contributed by atoms with van der Waals surface area (Å²) >= 11 is 0. The third kappa shape index (κ3) is 6.73. The molecule has 0 spiro atoms. The van der Waals surface area contributed by atoms with Crippen LogP contribution in [-0.4, -0.2) is 54.2 Å². The van der Waals surface area contributed by atoms with E-state index in [0.29, 0.717) is 33.9 Å². The van der Waals surface area contributed by atoms with Gasteiger partial charge in [0.05, 0.1) is 16.9 Å². The Morgan fingerprint density at radius 2 is 1.90 bits per heavy atom. The van der Waals surface area contributed by atoms with Crippen LogP contribution in [-0.2, 0) is 10.0 Å². The fourth-order valence-electron chi connectivity index (χ4n) is 4.77. The zero-order valence-corrected chi connectivity index (χ0v) is 23.9. The lowest BCUT2D eigenvalue weighted by Crippen LogP contribution is -2.38. The van der Waals surface area contributed by atoms with Crippen LogP contribution in [0.3, 0.4) is 0 Å². The molecule has 0 unspecified atom stereocenters. The predicted octanol–water partition coefficient (Wildman–Crippen LogP) is 5.88. The molecule has 0 radical (unpaired) electrons. The number of nitrogens with one attached hydrogen (secondary N) is 3. The first-order valence-electron chi connectivity index (χ1n) is 13.6. The van der Waals surface area contributed by atoms with Crippen molar-refractivity contribution in [1.82, 2.24) is 20.3 Å². The number of aryl methyl sites for hydroxylation is 1. The Labute approximate surface area is 242 Å². The van der Waals surface area contributed by atoms with Crippen molar-refractivity contribution >= 4 is 32.4 Å². The molecule has 3 heterocycles. The van der Waals surface area contributed by atoms with E-state index in [1.165, 1.54) is 19.1 Å². The molecule has 0 bridgehead atoms. The first-order valence-corrected chi connectivity index (χ1v) is 15.2. The van der Waals surface area contributed by atoms with E-state index in [1.54, 1.807) is 43.6 Å². The lowest BCUT2D eigenvalue weighted by atomic mass is 10.0. The number of ether oxygens (including phenoxy) is 1. The maximum absolute atomic E-state index is 14.9. The van der Waals surface area contributed by atoms with E-state index in [4.69, 9.17) is 4.74 Å². The number of rotatable bonds is 10. The van der Waals surface area contributed by atoms with Gasteiger partial charge in [-0.05, 0) is 62.2 Å². The summed E-state index contributed by atoms with van der Waals surface area (Å²) in [5, 5.41) is 7.21. The highest BCUT2D eigenvalue weighted by Gasteiger charge is 2.34. The van der Waals surface area contributed by atoms with Crippen molar-refractivity contribution in [3.8, 4) is 22.9 Å². The van der Waals surface area contributed by atoms with Gasteiger partial charge in [-0.25, -0.2) is 36.5 Å². The molecule has 5 rings (SSSR count). The number of aromatic nitrogens is 3. The minimum Gasteiger partial charge on any atom is -0.437 e. The molecule has 1 aliphatic rings. The first-order chi connectivity index (χ1) is 20.0. The number of halogens is 3. The molecule has 1 aliphatic heterocycles. The number of benzene rings is 2. The lowest BCUT2D eigenvalue weighted by molar-refractivity contribution is 0.0219. The maximum atomic E-state index is 14.9. The third-order valence-corrected chi connectivity index (χ3v) is 8.32. The molecule has 0 aliphatic carbocycles. The summed E-state index contributed by atoms with van der Waals surface area (Å²) in [5.74, 6) is -4.85. The van der Waals surface area contributed by atoms with Crippen LogP contribution in [0, 0.1) is 12.7 Å². The second kappa shape index (κ2) is 12.1. The first kappa shape index (κ1) is 29.5. The van der Waals surface area contributed by atoms with Crippen LogP contribution in [0.25, 0.3) is 22.0 Å². The third-order valence-electron chi connectivity index (χ3n) is 7.00. The lowest BCUT2D eigenvalue weighted by Gasteiger charge is -2.23. The van der Waals surface area contributed by atoms with E-state index in [-0.39, 0.29) is 17.3 Å². The van der Waals surface area contributed by atoms with Gasteiger partial charge in [0, 0.05) is 42.2 Å². The predicted molar refractivity (Wildman–Crippen MR) is 156 cm³/mol. The minimum absolute atomic E-state index is 0.145. The Bertz CT molecular complexity index is 1700. The average Bonchev–Trinajstić information content (AvgIpc) is 2.96. The van der Waals surface area contributed by atoms with Gasteiger partial charge >= 0.3 is 0 Å². The fraction of sp³-hybridized carbons (Fsp3) is 0.345. The number of sulfonamides is 1. The van der Waals surface area contributed by atoms with Gasteiger partial charge in [0.15, 0.2) is 0 Å². The van der Waals surface area contributed by atoms with Crippen molar-refractivity contribution in [2.45, 2.75) is 45.1 Å². The largest absolute Gasteiger partial charge is 0.437 e. The molecule has 1 atom stereocenters. The molecule has 1 fully saturated rings. The number of hydrogen-bond acceptors (Lipinski definition) is 8. The van der Waals surface area contributed by atoms with Gasteiger partial charge in [-0.1, -0.05) is 19.1 Å². The smallest absolute Gasteiger partial charge is 0.263 e. The monoisotopic (exact) mass is 600 g/mol. The second-order valence-electron chi connectivity index (χ2n) is 10.2. The molecule has 13 heteroatoms. The van der Waals surface area contributed by atoms with Gasteiger partial charge in [0.2, 0.25) is 21.9 Å². The Morgan fingerprint density at radius 3 is 2.67 bits per heavy atom. The zero-order chi connectivity index (χ0) is 29.9. The number of nitrogens with zero attached hydrogens (tertiary/aromatic N) is 3. The SMILES string of the molecule is CCC(F)(F)CS(=O)(=O)Nc1c(F)ccc2c(Oc3ncccc3-c3ccnc(N[C@@H]4CCCNC4)n3)c(C)ccc12. The van der Waals surface area contributed by atoms with Crippen molar-refractivity contribution in [2.75, 3.05) is 28.9 Å². The highest BCUT2D eigenvalue weighted by atomic mass is 32.2. The summed E-state index contributed by atoms with van der Waals surface area (Å²) in [6.45, 7) is 4.75. The molecular formula is C29H31F3N6O3S. The van der Waals surface area contributed by atoms with Gasteiger partial charge in [-0.15, -0.1) is 0 Å². The number of alkyl halides is 2. The average molecular weight is 601 g/mol. The normalized spacial score (nSPS) is 15.9. The highest BCUT2D eigenvalue weighted by molar-refractivity contribution is 7.92. The second-order valence-corrected chi connectivity index (χ2v) is 11.9. The molecule has 42 heavy (non-hydrogen) atoms. The van der Waals surface area contributed by atoms with Crippen LogP contribution >= 0.6 is 0 Å². The summed E-state index contributed by atoms with van der Waals surface area (Å²) in [7, 11) is -4.58. The molecule has 9 nitrogen and oxygen atoms in total. The van der Waals surface area contributed by atoms with Gasteiger partial charge in [-0.2, -0.15) is 0 Å². The highest BCUT2D eigenvalue weighted by Crippen LogP contribution is 2.40. The van der Waals surface area contributed by atoms with Crippen molar-refractivity contribution in [3.05, 3.63) is 66.2 Å². The minimum atomic E-state index is -4.58. The van der Waals surface area contributed by atoms with Crippen LogP contribution in [0.15, 0.2) is 54.9 Å². The van der Waals surface area contributed by atoms with Crippen molar-refractivity contribution in [2.24, 2.45) is 0 Å². The molecule has 2 aromatic heterocycles. The molecule has 0 amide bonds. The van der Waals surface area contributed by atoms with Gasteiger partial charge in [0.1, 0.15) is 17.3 Å². The maximum Gasteiger partial charge on any atom is 0.263 e. The van der Waals surface area contributed by atoms with Crippen LogP contribution in [0.2, 0.25) is 0 Å². The summed E-state index contributed by atoms with van der Waals surface area (Å²) in [5.41, 5.74) is 1.36.